The van der Waals surface area contributed by atoms with E-state index in [0.29, 0.717) is 17.4 Å². The molecular weight excluding hydrogens is 316 g/mol. The molecule has 1 aromatic heterocycles. The number of nitrogens with zero attached hydrogens (tertiary/aromatic N) is 3. The number of aromatic nitrogens is 1. The van der Waals surface area contributed by atoms with Crippen molar-refractivity contribution in [3.63, 3.8) is 0 Å². The van der Waals surface area contributed by atoms with Gasteiger partial charge in [-0.1, -0.05) is 38.1 Å². The highest BCUT2D eigenvalue weighted by Gasteiger charge is 2.23. The van der Waals surface area contributed by atoms with E-state index in [2.05, 4.69) is 23.7 Å². The first-order chi connectivity index (χ1) is 12.1. The molecule has 1 atom stereocenters. The van der Waals surface area contributed by atoms with Gasteiger partial charge in [-0.2, -0.15) is 0 Å². The van der Waals surface area contributed by atoms with Gasteiger partial charge in [-0.25, -0.2) is 4.98 Å². The van der Waals surface area contributed by atoms with Crippen molar-refractivity contribution in [2.75, 3.05) is 19.6 Å². The number of nitro groups is 1. The van der Waals surface area contributed by atoms with Crippen LogP contribution in [0.2, 0.25) is 0 Å². The van der Waals surface area contributed by atoms with Crippen LogP contribution in [0.25, 0.3) is 21.8 Å². The second kappa shape index (κ2) is 7.13. The largest absolute Gasteiger partial charge is 0.323 e. The van der Waals surface area contributed by atoms with Crippen LogP contribution in [0.5, 0.6) is 0 Å². The maximum Gasteiger partial charge on any atom is 0.279 e. The number of nitrogens with two attached hydrogens (primary N) is 1. The van der Waals surface area contributed by atoms with Gasteiger partial charge < -0.3 is 10.6 Å². The van der Waals surface area contributed by atoms with Crippen LogP contribution in [-0.2, 0) is 0 Å². The average molecular weight is 338 g/mol. The Labute approximate surface area is 146 Å². The van der Waals surface area contributed by atoms with Gasteiger partial charge in [-0.15, -0.1) is 0 Å². The lowest BCUT2D eigenvalue weighted by molar-refractivity contribution is -0.383. The first-order valence-corrected chi connectivity index (χ1v) is 8.50. The fourth-order valence-electron chi connectivity index (χ4n) is 3.35. The number of nitro benzene ring substituents is 1. The number of likely N-dealkylation sites (N-methyl/N-ethyl adjacent to an activating group) is 1. The van der Waals surface area contributed by atoms with Crippen molar-refractivity contribution in [1.82, 2.24) is 9.88 Å². The smallest absolute Gasteiger partial charge is 0.279 e. The molecule has 0 bridgehead atoms. The molecule has 0 saturated heterocycles. The van der Waals surface area contributed by atoms with E-state index >= 15 is 0 Å². The number of hydrogen-bond acceptors (Lipinski definition) is 5. The van der Waals surface area contributed by atoms with Gasteiger partial charge in [0.1, 0.15) is 0 Å². The van der Waals surface area contributed by atoms with Crippen molar-refractivity contribution < 1.29 is 4.92 Å². The molecule has 0 amide bonds. The summed E-state index contributed by atoms with van der Waals surface area (Å²) in [6.07, 6.45) is 0. The van der Waals surface area contributed by atoms with E-state index in [1.165, 1.54) is 6.07 Å². The van der Waals surface area contributed by atoms with Crippen LogP contribution >= 0.6 is 0 Å². The predicted octanol–water partition coefficient (Wildman–Crippen LogP) is 3.64. The van der Waals surface area contributed by atoms with Crippen molar-refractivity contribution in [2.45, 2.75) is 19.9 Å². The fourth-order valence-corrected chi connectivity index (χ4v) is 3.35. The van der Waals surface area contributed by atoms with E-state index in [1.54, 1.807) is 6.07 Å². The van der Waals surface area contributed by atoms with Crippen LogP contribution < -0.4 is 5.73 Å². The van der Waals surface area contributed by atoms with E-state index in [4.69, 9.17) is 5.73 Å². The van der Waals surface area contributed by atoms with Gasteiger partial charge in [0.15, 0.2) is 0 Å². The summed E-state index contributed by atoms with van der Waals surface area (Å²) in [4.78, 5) is 18.1. The molecule has 3 aromatic rings. The number of fused-ring (bicyclic) bond motifs is 2. The monoisotopic (exact) mass is 338 g/mol. The van der Waals surface area contributed by atoms with Gasteiger partial charge in [0, 0.05) is 24.0 Å². The van der Waals surface area contributed by atoms with E-state index < -0.39 is 0 Å². The molecule has 1 unspecified atom stereocenters. The lowest BCUT2D eigenvalue weighted by atomic mass is 9.95. The summed E-state index contributed by atoms with van der Waals surface area (Å²) in [6.45, 7) is 6.57. The molecule has 6 heteroatoms. The maximum atomic E-state index is 11.6. The fraction of sp³-hybridized carbons (Fsp3) is 0.316. The lowest BCUT2D eigenvalue weighted by Gasteiger charge is -2.24. The molecule has 25 heavy (non-hydrogen) atoms. The van der Waals surface area contributed by atoms with E-state index in [-0.39, 0.29) is 16.7 Å². The number of para-hydroxylation sites is 1. The lowest BCUT2D eigenvalue weighted by Crippen LogP contribution is -2.32. The van der Waals surface area contributed by atoms with E-state index in [0.717, 1.165) is 29.6 Å². The maximum absolute atomic E-state index is 11.6. The third-order valence-corrected chi connectivity index (χ3v) is 4.64. The summed E-state index contributed by atoms with van der Waals surface area (Å²) in [6, 6.07) is 12.3. The Bertz CT molecular complexity index is 922. The summed E-state index contributed by atoms with van der Waals surface area (Å²) in [5, 5.41) is 13.0. The minimum Gasteiger partial charge on any atom is -0.323 e. The van der Waals surface area contributed by atoms with Crippen LogP contribution in [0, 0.1) is 10.1 Å². The second-order valence-corrected chi connectivity index (χ2v) is 6.06. The number of hydrogen-bond donors (Lipinski definition) is 1. The first kappa shape index (κ1) is 17.3. The number of pyridine rings is 1. The standard InChI is InChI=1S/C19H22N4O2/c1-3-22(4-2)12-14(20)18-13-8-5-6-9-15(13)21-16-10-7-11-17(19(16)18)23(24)25/h5-11,14H,3-4,12,20H2,1-2H3. The Morgan fingerprint density at radius 1 is 1.12 bits per heavy atom. The molecule has 130 valence electrons. The molecule has 0 radical (unpaired) electrons. The zero-order valence-corrected chi connectivity index (χ0v) is 14.5. The summed E-state index contributed by atoms with van der Waals surface area (Å²) < 4.78 is 0. The molecular formula is C19H22N4O2. The normalized spacial score (nSPS) is 12.8. The summed E-state index contributed by atoms with van der Waals surface area (Å²) in [5.41, 5.74) is 8.83. The van der Waals surface area contributed by atoms with Gasteiger partial charge in [0.25, 0.3) is 5.69 Å². The molecule has 0 aliphatic carbocycles. The van der Waals surface area contributed by atoms with E-state index in [9.17, 15) is 10.1 Å². The van der Waals surface area contributed by atoms with Crippen LogP contribution in [0.4, 0.5) is 5.69 Å². The third kappa shape index (κ3) is 3.18. The van der Waals surface area contributed by atoms with Crippen LogP contribution in [0.3, 0.4) is 0 Å². The van der Waals surface area contributed by atoms with Crippen molar-refractivity contribution in [3.8, 4) is 0 Å². The highest BCUT2D eigenvalue weighted by molar-refractivity contribution is 6.02. The quantitative estimate of drug-likeness (QED) is 0.421. The Morgan fingerprint density at radius 3 is 2.48 bits per heavy atom. The molecule has 0 spiro atoms. The first-order valence-electron chi connectivity index (χ1n) is 8.50. The molecule has 0 aliphatic heterocycles. The highest BCUT2D eigenvalue weighted by atomic mass is 16.6. The van der Waals surface area contributed by atoms with Crippen LogP contribution in [0.1, 0.15) is 25.5 Å². The Kier molecular flexibility index (Phi) is 4.92. The second-order valence-electron chi connectivity index (χ2n) is 6.06. The molecule has 0 fully saturated rings. The zero-order chi connectivity index (χ0) is 18.0. The third-order valence-electron chi connectivity index (χ3n) is 4.64. The summed E-state index contributed by atoms with van der Waals surface area (Å²) in [5.74, 6) is 0. The molecule has 2 aromatic carbocycles. The van der Waals surface area contributed by atoms with Crippen molar-refractivity contribution in [2.24, 2.45) is 5.73 Å². The van der Waals surface area contributed by atoms with Gasteiger partial charge in [-0.05, 0) is 30.8 Å². The number of benzene rings is 2. The van der Waals surface area contributed by atoms with Gasteiger partial charge >= 0.3 is 0 Å². The summed E-state index contributed by atoms with van der Waals surface area (Å²) in [7, 11) is 0. The molecule has 6 nitrogen and oxygen atoms in total. The minimum atomic E-state index is -0.355. The van der Waals surface area contributed by atoms with Crippen molar-refractivity contribution in [1.29, 1.82) is 0 Å². The van der Waals surface area contributed by atoms with Gasteiger partial charge in [-0.3, -0.25) is 10.1 Å². The number of rotatable bonds is 6. The highest BCUT2D eigenvalue weighted by Crippen LogP contribution is 2.35. The van der Waals surface area contributed by atoms with E-state index in [1.807, 2.05) is 30.3 Å². The number of non-ortho nitro benzene ring substituents is 1. The van der Waals surface area contributed by atoms with Crippen molar-refractivity contribution in [3.05, 3.63) is 58.1 Å². The van der Waals surface area contributed by atoms with Crippen LogP contribution in [-0.4, -0.2) is 34.4 Å². The summed E-state index contributed by atoms with van der Waals surface area (Å²) >= 11 is 0. The Morgan fingerprint density at radius 2 is 1.80 bits per heavy atom. The molecule has 2 N–H and O–H groups in total. The predicted molar refractivity (Wildman–Crippen MR) is 101 cm³/mol. The minimum absolute atomic E-state index is 0.0563. The van der Waals surface area contributed by atoms with Crippen molar-refractivity contribution >= 4 is 27.5 Å². The van der Waals surface area contributed by atoms with Gasteiger partial charge in [0.05, 0.1) is 21.3 Å². The Balaban J connectivity index is 2.32. The molecule has 1 heterocycles. The van der Waals surface area contributed by atoms with Crippen LogP contribution in [0.15, 0.2) is 42.5 Å². The topological polar surface area (TPSA) is 85.3 Å². The zero-order valence-electron chi connectivity index (χ0n) is 14.5. The Hall–Kier alpha value is -2.57. The van der Waals surface area contributed by atoms with Gasteiger partial charge in [0.2, 0.25) is 0 Å². The molecule has 3 rings (SSSR count). The molecule has 0 saturated carbocycles. The molecule has 0 aliphatic rings. The average Bonchev–Trinajstić information content (AvgIpc) is 2.63. The SMILES string of the molecule is CCN(CC)CC(N)c1c2ccccc2nc2cccc([N+](=O)[O-])c12.